The van der Waals surface area contributed by atoms with E-state index in [1.807, 2.05) is 0 Å². The van der Waals surface area contributed by atoms with Crippen molar-refractivity contribution in [2.24, 2.45) is 5.92 Å². The van der Waals surface area contributed by atoms with Crippen molar-refractivity contribution in [2.75, 3.05) is 0 Å². The lowest BCUT2D eigenvalue weighted by Gasteiger charge is -2.24. The van der Waals surface area contributed by atoms with E-state index in [0.29, 0.717) is 18.8 Å². The number of esters is 1. The molecule has 0 aliphatic carbocycles. The van der Waals surface area contributed by atoms with Gasteiger partial charge in [0.1, 0.15) is 6.10 Å². The Morgan fingerprint density at radius 3 is 1.81 bits per heavy atom. The number of hydrogen-bond donors (Lipinski definition) is 2. The first-order valence-corrected chi connectivity index (χ1v) is 14.0. The fraction of sp³-hybridized carbons (Fsp3) is 0.917. The van der Waals surface area contributed by atoms with Gasteiger partial charge in [-0.25, -0.2) is 0 Å². The van der Waals surface area contributed by atoms with E-state index in [9.17, 15) is 22.6 Å². The maximum absolute atomic E-state index is 12.5. The van der Waals surface area contributed by atoms with Gasteiger partial charge in [0.15, 0.2) is 5.25 Å². The molecular formula is C24H46O7S. The Kier molecular flexibility index (Phi) is 17.6. The molecule has 0 aromatic carbocycles. The summed E-state index contributed by atoms with van der Waals surface area (Å²) in [5.74, 6) is -2.29. The Morgan fingerprint density at radius 1 is 0.812 bits per heavy atom. The summed E-state index contributed by atoms with van der Waals surface area (Å²) in [6.45, 7) is 6.41. The molecule has 3 unspecified atom stereocenters. The molecule has 32 heavy (non-hydrogen) atoms. The van der Waals surface area contributed by atoms with Gasteiger partial charge < -0.3 is 9.84 Å². The molecule has 0 heterocycles. The van der Waals surface area contributed by atoms with Gasteiger partial charge in [0.05, 0.1) is 6.42 Å². The molecule has 0 radical (unpaired) electrons. The van der Waals surface area contributed by atoms with Gasteiger partial charge in [0.25, 0.3) is 10.1 Å². The van der Waals surface area contributed by atoms with Gasteiger partial charge >= 0.3 is 11.9 Å². The van der Waals surface area contributed by atoms with Crippen molar-refractivity contribution in [3.8, 4) is 0 Å². The van der Waals surface area contributed by atoms with Crippen LogP contribution in [0, 0.1) is 5.92 Å². The van der Waals surface area contributed by atoms with Crippen LogP contribution in [0.3, 0.4) is 0 Å². The van der Waals surface area contributed by atoms with Crippen LogP contribution in [0.1, 0.15) is 124 Å². The number of aliphatic carboxylic acids is 1. The third kappa shape index (κ3) is 15.6. The molecule has 0 spiro atoms. The fourth-order valence-corrected chi connectivity index (χ4v) is 4.62. The number of carbonyl (C=O) groups excluding carboxylic acids is 1. The molecule has 0 bridgehead atoms. The van der Waals surface area contributed by atoms with Crippen LogP contribution in [0.4, 0.5) is 0 Å². The van der Waals surface area contributed by atoms with Gasteiger partial charge in [-0.05, 0) is 25.2 Å². The summed E-state index contributed by atoms with van der Waals surface area (Å²) >= 11 is 0. The van der Waals surface area contributed by atoms with E-state index < -0.39 is 39.8 Å². The number of carboxylic acids is 1. The van der Waals surface area contributed by atoms with Gasteiger partial charge in [-0.1, -0.05) is 97.8 Å². The minimum Gasteiger partial charge on any atom is -0.481 e. The van der Waals surface area contributed by atoms with E-state index in [4.69, 9.17) is 9.84 Å². The first-order valence-electron chi connectivity index (χ1n) is 12.5. The monoisotopic (exact) mass is 478 g/mol. The number of hydrogen-bond acceptors (Lipinski definition) is 5. The molecule has 7 nitrogen and oxygen atoms in total. The van der Waals surface area contributed by atoms with E-state index >= 15 is 0 Å². The molecule has 0 amide bonds. The van der Waals surface area contributed by atoms with Crippen LogP contribution in [0.25, 0.3) is 0 Å². The third-order valence-electron chi connectivity index (χ3n) is 6.03. The minimum atomic E-state index is -4.85. The SMILES string of the molecule is CCCCCCCCCCCC(CC(CC)CCCC)OC(=O)C(CC(=O)O)S(=O)(=O)O. The van der Waals surface area contributed by atoms with E-state index in [0.717, 1.165) is 44.9 Å². The zero-order valence-electron chi connectivity index (χ0n) is 20.4. The molecule has 0 aliphatic heterocycles. The largest absolute Gasteiger partial charge is 0.481 e. The molecule has 0 saturated carbocycles. The molecule has 0 aliphatic rings. The average molecular weight is 479 g/mol. The summed E-state index contributed by atoms with van der Waals surface area (Å²) in [6.07, 6.45) is 14.4. The van der Waals surface area contributed by atoms with E-state index in [1.54, 1.807) is 0 Å². The Hall–Kier alpha value is -1.15. The van der Waals surface area contributed by atoms with Crippen molar-refractivity contribution in [1.29, 1.82) is 0 Å². The second kappa shape index (κ2) is 18.3. The van der Waals surface area contributed by atoms with Crippen molar-refractivity contribution in [2.45, 2.75) is 135 Å². The second-order valence-electron chi connectivity index (χ2n) is 8.93. The van der Waals surface area contributed by atoms with Crippen LogP contribution in [0.5, 0.6) is 0 Å². The van der Waals surface area contributed by atoms with Gasteiger partial charge in [-0.3, -0.25) is 14.1 Å². The normalized spacial score (nSPS) is 14.6. The van der Waals surface area contributed by atoms with Crippen LogP contribution in [0.2, 0.25) is 0 Å². The average Bonchev–Trinajstić information content (AvgIpc) is 2.72. The highest BCUT2D eigenvalue weighted by atomic mass is 32.2. The maximum atomic E-state index is 12.5. The van der Waals surface area contributed by atoms with Gasteiger partial charge in [-0.2, -0.15) is 8.42 Å². The number of carbonyl (C=O) groups is 2. The van der Waals surface area contributed by atoms with Gasteiger partial charge in [-0.15, -0.1) is 0 Å². The molecule has 0 fully saturated rings. The van der Waals surface area contributed by atoms with Crippen LogP contribution in [-0.4, -0.2) is 41.4 Å². The Labute approximate surface area is 195 Å². The highest BCUT2D eigenvalue weighted by molar-refractivity contribution is 7.87. The lowest BCUT2D eigenvalue weighted by Crippen LogP contribution is -2.36. The summed E-state index contributed by atoms with van der Waals surface area (Å²) < 4.78 is 37.9. The summed E-state index contributed by atoms with van der Waals surface area (Å²) in [4.78, 5) is 23.4. The van der Waals surface area contributed by atoms with Crippen LogP contribution < -0.4 is 0 Å². The number of carboxylic acid groups (broad SMARTS) is 1. The lowest BCUT2D eigenvalue weighted by atomic mass is 9.91. The molecule has 3 atom stereocenters. The molecular weight excluding hydrogens is 432 g/mol. The van der Waals surface area contributed by atoms with Crippen molar-refractivity contribution >= 4 is 22.1 Å². The van der Waals surface area contributed by atoms with E-state index in [2.05, 4.69) is 20.8 Å². The molecule has 2 N–H and O–H groups in total. The zero-order chi connectivity index (χ0) is 24.4. The molecule has 0 rings (SSSR count). The number of rotatable bonds is 21. The Bertz CT molecular complexity index is 603. The first kappa shape index (κ1) is 30.9. The Balaban J connectivity index is 4.84. The smallest absolute Gasteiger partial charge is 0.327 e. The molecule has 0 saturated heterocycles. The van der Waals surface area contributed by atoms with Crippen LogP contribution in [0.15, 0.2) is 0 Å². The van der Waals surface area contributed by atoms with E-state index in [1.165, 1.54) is 38.5 Å². The first-order chi connectivity index (χ1) is 15.1. The fourth-order valence-electron chi connectivity index (χ4n) is 3.97. The number of ether oxygens (including phenoxy) is 1. The van der Waals surface area contributed by atoms with E-state index in [-0.39, 0.29) is 0 Å². The third-order valence-corrected chi connectivity index (χ3v) is 7.11. The maximum Gasteiger partial charge on any atom is 0.327 e. The lowest BCUT2D eigenvalue weighted by molar-refractivity contribution is -0.152. The Morgan fingerprint density at radius 2 is 1.34 bits per heavy atom. The van der Waals surface area contributed by atoms with Gasteiger partial charge in [0, 0.05) is 0 Å². The summed E-state index contributed by atoms with van der Waals surface area (Å²) in [5.41, 5.74) is 0. The molecule has 0 aromatic rings. The second-order valence-corrected chi connectivity index (χ2v) is 10.5. The molecule has 8 heteroatoms. The summed E-state index contributed by atoms with van der Waals surface area (Å²) in [5, 5.41) is 6.84. The molecule has 190 valence electrons. The zero-order valence-corrected chi connectivity index (χ0v) is 21.2. The predicted molar refractivity (Wildman–Crippen MR) is 127 cm³/mol. The summed E-state index contributed by atoms with van der Waals surface area (Å²) in [7, 11) is -4.85. The van der Waals surface area contributed by atoms with Crippen molar-refractivity contribution < 1.29 is 32.4 Å². The van der Waals surface area contributed by atoms with Gasteiger partial charge in [0.2, 0.25) is 0 Å². The highest BCUT2D eigenvalue weighted by Crippen LogP contribution is 2.24. The van der Waals surface area contributed by atoms with Crippen molar-refractivity contribution in [3.05, 3.63) is 0 Å². The van der Waals surface area contributed by atoms with Crippen molar-refractivity contribution in [3.63, 3.8) is 0 Å². The standard InChI is InChI=1S/C24H46O7S/c1-4-7-9-10-11-12-13-14-15-17-21(18-20(6-3)16-8-5-2)31-24(27)22(19-23(25)26)32(28,29)30/h20-22H,4-19H2,1-3H3,(H,25,26)(H,28,29,30). The van der Waals surface area contributed by atoms with Crippen LogP contribution in [-0.2, 0) is 24.4 Å². The highest BCUT2D eigenvalue weighted by Gasteiger charge is 2.36. The predicted octanol–water partition coefficient (Wildman–Crippen LogP) is 6.16. The minimum absolute atomic E-state index is 0.356. The summed E-state index contributed by atoms with van der Waals surface area (Å²) in [6, 6.07) is 0. The van der Waals surface area contributed by atoms with Crippen LogP contribution >= 0.6 is 0 Å². The van der Waals surface area contributed by atoms with Crippen molar-refractivity contribution in [1.82, 2.24) is 0 Å². The number of unbranched alkanes of at least 4 members (excludes halogenated alkanes) is 9. The topological polar surface area (TPSA) is 118 Å². The quantitative estimate of drug-likeness (QED) is 0.115. The molecule has 0 aromatic heterocycles.